The van der Waals surface area contributed by atoms with Gasteiger partial charge in [-0.15, -0.1) is 12.4 Å². The summed E-state index contributed by atoms with van der Waals surface area (Å²) in [6.45, 7) is 10.8. The van der Waals surface area contributed by atoms with E-state index in [1.807, 2.05) is 13.8 Å². The zero-order valence-corrected chi connectivity index (χ0v) is 11.4. The van der Waals surface area contributed by atoms with E-state index in [2.05, 4.69) is 29.4 Å². The third-order valence-electron chi connectivity index (χ3n) is 2.96. The number of piperazine rings is 1. The minimum absolute atomic E-state index is 0. The fourth-order valence-electron chi connectivity index (χ4n) is 1.90. The summed E-state index contributed by atoms with van der Waals surface area (Å²) in [4.78, 5) is 13.8. The van der Waals surface area contributed by atoms with Gasteiger partial charge in [-0.3, -0.25) is 9.69 Å². The summed E-state index contributed by atoms with van der Waals surface area (Å²) >= 11 is 0. The number of hydrogen-bond donors (Lipinski definition) is 2. The molecule has 1 heterocycles. The molecular formula is C11H24ClN3O. The molecule has 4 nitrogen and oxygen atoms in total. The fourth-order valence-corrected chi connectivity index (χ4v) is 1.90. The van der Waals surface area contributed by atoms with Gasteiger partial charge >= 0.3 is 0 Å². The van der Waals surface area contributed by atoms with Crippen LogP contribution >= 0.6 is 12.4 Å². The second kappa shape index (κ2) is 7.09. The van der Waals surface area contributed by atoms with E-state index in [9.17, 15) is 4.79 Å². The van der Waals surface area contributed by atoms with Gasteiger partial charge < -0.3 is 10.6 Å². The van der Waals surface area contributed by atoms with Crippen LogP contribution in [-0.4, -0.2) is 48.6 Å². The van der Waals surface area contributed by atoms with E-state index in [4.69, 9.17) is 0 Å². The summed E-state index contributed by atoms with van der Waals surface area (Å²) in [6, 6.07) is 1.12. The monoisotopic (exact) mass is 249 g/mol. The van der Waals surface area contributed by atoms with Gasteiger partial charge in [0.05, 0.1) is 6.54 Å². The van der Waals surface area contributed by atoms with E-state index in [1.165, 1.54) is 0 Å². The van der Waals surface area contributed by atoms with Gasteiger partial charge in [-0.1, -0.05) is 0 Å². The molecule has 0 aromatic rings. The first kappa shape index (κ1) is 15.7. The molecular weight excluding hydrogens is 226 g/mol. The number of amides is 1. The highest BCUT2D eigenvalue weighted by atomic mass is 35.5. The van der Waals surface area contributed by atoms with E-state index >= 15 is 0 Å². The number of rotatable bonds is 3. The quantitative estimate of drug-likeness (QED) is 0.771. The molecule has 5 heteroatoms. The predicted molar refractivity (Wildman–Crippen MR) is 69.0 cm³/mol. The lowest BCUT2D eigenvalue weighted by atomic mass is 10.1. The molecule has 0 spiro atoms. The Labute approximate surface area is 105 Å². The van der Waals surface area contributed by atoms with Crippen molar-refractivity contribution in [1.82, 2.24) is 15.5 Å². The molecule has 1 aliphatic heterocycles. The van der Waals surface area contributed by atoms with Crippen molar-refractivity contribution in [2.45, 2.75) is 45.8 Å². The van der Waals surface area contributed by atoms with Crippen molar-refractivity contribution in [3.05, 3.63) is 0 Å². The maximum absolute atomic E-state index is 11.6. The molecule has 2 unspecified atom stereocenters. The Morgan fingerprint density at radius 2 is 2.12 bits per heavy atom. The topological polar surface area (TPSA) is 44.4 Å². The van der Waals surface area contributed by atoms with E-state index < -0.39 is 0 Å². The van der Waals surface area contributed by atoms with Crippen molar-refractivity contribution < 1.29 is 4.79 Å². The fraction of sp³-hybridized carbons (Fsp3) is 0.909. The molecule has 1 amide bonds. The molecule has 1 rings (SSSR count). The third kappa shape index (κ3) is 4.68. The summed E-state index contributed by atoms with van der Waals surface area (Å²) in [5.41, 5.74) is 0. The molecule has 1 fully saturated rings. The molecule has 0 radical (unpaired) electrons. The number of nitrogens with zero attached hydrogens (tertiary/aromatic N) is 1. The number of carbonyl (C=O) groups excluding carboxylic acids is 1. The molecule has 16 heavy (non-hydrogen) atoms. The van der Waals surface area contributed by atoms with Crippen LogP contribution in [0.15, 0.2) is 0 Å². The van der Waals surface area contributed by atoms with Crippen molar-refractivity contribution in [2.24, 2.45) is 0 Å². The van der Waals surface area contributed by atoms with Crippen molar-refractivity contribution in [3.8, 4) is 0 Å². The lowest BCUT2D eigenvalue weighted by Crippen LogP contribution is -2.57. The van der Waals surface area contributed by atoms with Gasteiger partial charge in [0.2, 0.25) is 5.91 Å². The van der Waals surface area contributed by atoms with E-state index in [0.717, 1.165) is 13.1 Å². The van der Waals surface area contributed by atoms with E-state index in [0.29, 0.717) is 18.6 Å². The van der Waals surface area contributed by atoms with E-state index in [1.54, 1.807) is 0 Å². The summed E-state index contributed by atoms with van der Waals surface area (Å²) in [7, 11) is 0. The van der Waals surface area contributed by atoms with Gasteiger partial charge in [0.25, 0.3) is 0 Å². The Morgan fingerprint density at radius 1 is 1.50 bits per heavy atom. The van der Waals surface area contributed by atoms with Crippen LogP contribution in [0, 0.1) is 0 Å². The van der Waals surface area contributed by atoms with Gasteiger partial charge in [0.15, 0.2) is 0 Å². The van der Waals surface area contributed by atoms with Crippen LogP contribution in [0.1, 0.15) is 27.7 Å². The van der Waals surface area contributed by atoms with Crippen LogP contribution in [0.5, 0.6) is 0 Å². The maximum atomic E-state index is 11.6. The van der Waals surface area contributed by atoms with Crippen LogP contribution in [0.4, 0.5) is 0 Å². The summed E-state index contributed by atoms with van der Waals surface area (Å²) in [5, 5.41) is 6.33. The minimum Gasteiger partial charge on any atom is -0.353 e. The molecule has 2 N–H and O–H groups in total. The molecule has 1 aliphatic rings. The van der Waals surface area contributed by atoms with Crippen molar-refractivity contribution >= 4 is 18.3 Å². The van der Waals surface area contributed by atoms with Crippen LogP contribution < -0.4 is 10.6 Å². The number of carbonyl (C=O) groups is 1. The second-order valence-electron chi connectivity index (χ2n) is 4.68. The number of hydrogen-bond acceptors (Lipinski definition) is 3. The zero-order chi connectivity index (χ0) is 11.4. The number of nitrogens with one attached hydrogen (secondary N) is 2. The Kier molecular flexibility index (Phi) is 6.95. The van der Waals surface area contributed by atoms with Crippen molar-refractivity contribution in [1.29, 1.82) is 0 Å². The first-order valence-electron chi connectivity index (χ1n) is 5.77. The average molecular weight is 250 g/mol. The zero-order valence-electron chi connectivity index (χ0n) is 10.6. The van der Waals surface area contributed by atoms with E-state index in [-0.39, 0.29) is 24.4 Å². The Morgan fingerprint density at radius 3 is 2.69 bits per heavy atom. The Bertz CT molecular complexity index is 223. The normalized spacial score (nSPS) is 26.3. The first-order valence-corrected chi connectivity index (χ1v) is 5.77. The Balaban J connectivity index is 0.00000225. The predicted octanol–water partition coefficient (Wildman–Crippen LogP) is 0.615. The van der Waals surface area contributed by atoms with Crippen LogP contribution in [0.2, 0.25) is 0 Å². The highest BCUT2D eigenvalue weighted by Crippen LogP contribution is 2.07. The summed E-state index contributed by atoms with van der Waals surface area (Å²) in [5.74, 6) is 0.131. The van der Waals surface area contributed by atoms with Gasteiger partial charge in [-0.2, -0.15) is 0 Å². The highest BCUT2D eigenvalue weighted by molar-refractivity contribution is 5.85. The smallest absolute Gasteiger partial charge is 0.234 e. The van der Waals surface area contributed by atoms with Crippen molar-refractivity contribution in [2.75, 3.05) is 19.6 Å². The summed E-state index contributed by atoms with van der Waals surface area (Å²) < 4.78 is 0. The van der Waals surface area contributed by atoms with Gasteiger partial charge in [0.1, 0.15) is 0 Å². The molecule has 0 aliphatic carbocycles. The molecule has 0 aromatic carbocycles. The molecule has 0 saturated carbocycles. The van der Waals surface area contributed by atoms with Crippen molar-refractivity contribution in [3.63, 3.8) is 0 Å². The largest absolute Gasteiger partial charge is 0.353 e. The van der Waals surface area contributed by atoms with Gasteiger partial charge in [0, 0.05) is 31.2 Å². The molecule has 2 atom stereocenters. The van der Waals surface area contributed by atoms with Crippen LogP contribution in [0.3, 0.4) is 0 Å². The number of halogens is 1. The first-order chi connectivity index (χ1) is 7.00. The minimum atomic E-state index is 0. The third-order valence-corrected chi connectivity index (χ3v) is 2.96. The van der Waals surface area contributed by atoms with Crippen LogP contribution in [-0.2, 0) is 4.79 Å². The lowest BCUT2D eigenvalue weighted by molar-refractivity contribution is -0.123. The molecule has 0 bridgehead atoms. The molecule has 96 valence electrons. The standard InChI is InChI=1S/C11H23N3O.ClH/c1-8(2)13-11(15)7-14-6-5-12-9(3)10(14)4;/h8-10,12H,5-7H2,1-4H3,(H,13,15);1H. The van der Waals surface area contributed by atoms with Gasteiger partial charge in [-0.25, -0.2) is 0 Å². The maximum Gasteiger partial charge on any atom is 0.234 e. The van der Waals surface area contributed by atoms with Crippen LogP contribution in [0.25, 0.3) is 0 Å². The Hall–Kier alpha value is -0.320. The SMILES string of the molecule is CC(C)NC(=O)CN1CCNC(C)C1C.Cl. The second-order valence-corrected chi connectivity index (χ2v) is 4.68. The average Bonchev–Trinajstić information content (AvgIpc) is 2.11. The molecule has 0 aromatic heterocycles. The van der Waals surface area contributed by atoms with Gasteiger partial charge in [-0.05, 0) is 27.7 Å². The highest BCUT2D eigenvalue weighted by Gasteiger charge is 2.25. The molecule has 1 saturated heterocycles. The summed E-state index contributed by atoms with van der Waals surface area (Å²) in [6.07, 6.45) is 0. The lowest BCUT2D eigenvalue weighted by Gasteiger charge is -2.38.